The van der Waals surface area contributed by atoms with Crippen LogP contribution in [-0.4, -0.2) is 20.2 Å². The van der Waals surface area contributed by atoms with E-state index >= 15 is 0 Å². The molecule has 1 N–H and O–H groups in total. The average molecular weight is 243 g/mol. The third-order valence-corrected chi connectivity index (χ3v) is 1.91. The molecule has 0 saturated carbocycles. The fourth-order valence-electron chi connectivity index (χ4n) is 0.908. The Hall–Kier alpha value is -1.43. The number of hydrogen-bond donors (Lipinski definition) is 1. The highest BCUT2D eigenvalue weighted by Crippen LogP contribution is 2.12. The molecule has 5 nitrogen and oxygen atoms in total. The SMILES string of the molecule is [3H]c1c(Br)cccc1-n1nn[nH]c1=O. The zero-order chi connectivity index (χ0) is 10.1. The molecule has 0 aliphatic rings. The number of halogens is 1. The average Bonchev–Trinajstić information content (AvgIpc) is 2.57. The number of nitrogens with one attached hydrogen (secondary N) is 1. The Morgan fingerprint density at radius 2 is 2.46 bits per heavy atom. The van der Waals surface area contributed by atoms with Gasteiger partial charge < -0.3 is 0 Å². The van der Waals surface area contributed by atoms with E-state index in [9.17, 15) is 4.79 Å². The number of tetrazole rings is 1. The number of nitrogens with zero attached hydrogens (tertiary/aromatic N) is 3. The van der Waals surface area contributed by atoms with Gasteiger partial charge in [0, 0.05) is 4.47 Å². The van der Waals surface area contributed by atoms with E-state index in [4.69, 9.17) is 1.37 Å². The number of rotatable bonds is 1. The predicted octanol–water partition coefficient (Wildman–Crippen LogP) is 0.718. The molecule has 66 valence electrons. The number of H-pyrrole nitrogens is 1. The highest BCUT2D eigenvalue weighted by molar-refractivity contribution is 9.10. The molecule has 0 aliphatic heterocycles. The lowest BCUT2D eigenvalue weighted by atomic mass is 10.3. The van der Waals surface area contributed by atoms with Gasteiger partial charge in [-0.3, -0.25) is 0 Å². The summed E-state index contributed by atoms with van der Waals surface area (Å²) in [7, 11) is 0. The lowest BCUT2D eigenvalue weighted by Gasteiger charge is -1.97. The summed E-state index contributed by atoms with van der Waals surface area (Å²) in [6.07, 6.45) is 0. The first-order valence-corrected chi connectivity index (χ1v) is 4.25. The summed E-state index contributed by atoms with van der Waals surface area (Å²) in [4.78, 5) is 11.2. The van der Waals surface area contributed by atoms with Crippen LogP contribution in [0.2, 0.25) is 0 Å². The second-order valence-corrected chi connectivity index (χ2v) is 3.16. The van der Waals surface area contributed by atoms with Crippen molar-refractivity contribution in [1.29, 1.82) is 0 Å². The minimum Gasteiger partial charge on any atom is -0.244 e. The lowest BCUT2D eigenvalue weighted by molar-refractivity contribution is 0.779. The van der Waals surface area contributed by atoms with Gasteiger partial charge in [-0.15, -0.1) is 0 Å². The van der Waals surface area contributed by atoms with E-state index < -0.39 is 5.69 Å². The molecular formula is C7H5BrN4O. The van der Waals surface area contributed by atoms with Crippen molar-refractivity contribution in [1.82, 2.24) is 20.2 Å². The van der Waals surface area contributed by atoms with Crippen molar-refractivity contribution in [2.75, 3.05) is 0 Å². The van der Waals surface area contributed by atoms with Gasteiger partial charge in [-0.1, -0.05) is 22.0 Å². The van der Waals surface area contributed by atoms with Crippen LogP contribution in [-0.2, 0) is 0 Å². The van der Waals surface area contributed by atoms with Gasteiger partial charge in [-0.25, -0.2) is 9.89 Å². The van der Waals surface area contributed by atoms with E-state index in [1.165, 1.54) is 0 Å². The Bertz CT molecular complexity index is 520. The molecule has 0 amide bonds. The van der Waals surface area contributed by atoms with Crippen molar-refractivity contribution in [3.05, 3.63) is 39.2 Å². The summed E-state index contributed by atoms with van der Waals surface area (Å²) in [6.45, 7) is 0. The van der Waals surface area contributed by atoms with Crippen molar-refractivity contribution in [2.24, 2.45) is 0 Å². The van der Waals surface area contributed by atoms with Crippen LogP contribution >= 0.6 is 15.9 Å². The van der Waals surface area contributed by atoms with Crippen molar-refractivity contribution in [3.63, 3.8) is 0 Å². The van der Waals surface area contributed by atoms with Crippen LogP contribution in [0.1, 0.15) is 1.37 Å². The van der Waals surface area contributed by atoms with Gasteiger partial charge in [0.15, 0.2) is 0 Å². The van der Waals surface area contributed by atoms with Crippen LogP contribution in [0.25, 0.3) is 5.69 Å². The first-order chi connectivity index (χ1) is 6.70. The minimum atomic E-state index is -0.461. The quantitative estimate of drug-likeness (QED) is 0.802. The molecule has 13 heavy (non-hydrogen) atoms. The second-order valence-electron chi connectivity index (χ2n) is 2.30. The number of aromatic nitrogens is 4. The Labute approximate surface area is 82.9 Å². The normalized spacial score (nSPS) is 11.3. The van der Waals surface area contributed by atoms with E-state index in [2.05, 4.69) is 31.5 Å². The van der Waals surface area contributed by atoms with Gasteiger partial charge >= 0.3 is 5.69 Å². The summed E-state index contributed by atoms with van der Waals surface area (Å²) < 4.78 is 9.32. The van der Waals surface area contributed by atoms with Crippen molar-refractivity contribution in [2.45, 2.75) is 0 Å². The first kappa shape index (κ1) is 7.02. The van der Waals surface area contributed by atoms with Crippen molar-refractivity contribution in [3.8, 4) is 5.69 Å². The van der Waals surface area contributed by atoms with Gasteiger partial charge in [0.2, 0.25) is 0 Å². The molecule has 0 bridgehead atoms. The maximum absolute atomic E-state index is 11.2. The first-order valence-electron chi connectivity index (χ1n) is 3.96. The van der Waals surface area contributed by atoms with Crippen LogP contribution in [0.3, 0.4) is 0 Å². The van der Waals surface area contributed by atoms with Crippen molar-refractivity contribution < 1.29 is 1.37 Å². The van der Waals surface area contributed by atoms with E-state index in [-0.39, 0.29) is 6.04 Å². The summed E-state index contributed by atoms with van der Waals surface area (Å²) in [5.74, 6) is 0. The molecule has 0 fully saturated rings. The number of hydrogen-bond acceptors (Lipinski definition) is 3. The monoisotopic (exact) mass is 242 g/mol. The lowest BCUT2D eigenvalue weighted by Crippen LogP contribution is -2.15. The van der Waals surface area contributed by atoms with Gasteiger partial charge in [-0.2, -0.15) is 4.68 Å². The highest BCUT2D eigenvalue weighted by atomic mass is 79.9. The molecule has 2 aromatic rings. The summed E-state index contributed by atoms with van der Waals surface area (Å²) >= 11 is 3.19. The fourth-order valence-corrected chi connectivity index (χ4v) is 1.26. The number of benzene rings is 1. The molecule has 1 heterocycles. The van der Waals surface area contributed by atoms with Gasteiger partial charge in [0.05, 0.1) is 7.06 Å². The largest absolute Gasteiger partial charge is 0.365 e. The second kappa shape index (κ2) is 3.14. The summed E-state index contributed by atoms with van der Waals surface area (Å²) in [5.41, 5.74) is -0.0743. The van der Waals surface area contributed by atoms with E-state index in [1.54, 1.807) is 18.2 Å². The molecule has 6 heteroatoms. The third kappa shape index (κ3) is 1.52. The standard InChI is InChI=1S/C7H5BrN4O/c8-5-2-1-3-6(4-5)12-7(13)9-10-11-12/h1-4H,(H,9,11,13)/i4T. The molecule has 0 spiro atoms. The molecule has 1 aromatic heterocycles. The highest BCUT2D eigenvalue weighted by Gasteiger charge is 2.01. The Morgan fingerprint density at radius 1 is 1.62 bits per heavy atom. The van der Waals surface area contributed by atoms with Gasteiger partial charge in [0.25, 0.3) is 0 Å². The predicted molar refractivity (Wildman–Crippen MR) is 49.7 cm³/mol. The van der Waals surface area contributed by atoms with E-state index in [0.717, 1.165) is 4.68 Å². The molecule has 0 radical (unpaired) electrons. The topological polar surface area (TPSA) is 63.6 Å². The van der Waals surface area contributed by atoms with Crippen LogP contribution in [0.5, 0.6) is 0 Å². The molecule has 0 saturated heterocycles. The maximum Gasteiger partial charge on any atom is 0.365 e. The van der Waals surface area contributed by atoms with Crippen LogP contribution in [0.4, 0.5) is 0 Å². The molecule has 0 aliphatic carbocycles. The fraction of sp³-hybridized carbons (Fsp3) is 0. The smallest absolute Gasteiger partial charge is 0.244 e. The Kier molecular flexibility index (Phi) is 1.69. The zero-order valence-electron chi connectivity index (χ0n) is 7.36. The molecule has 0 unspecified atom stereocenters. The van der Waals surface area contributed by atoms with Crippen LogP contribution in [0.15, 0.2) is 33.5 Å². The van der Waals surface area contributed by atoms with E-state index in [0.29, 0.717) is 10.2 Å². The summed E-state index contributed by atoms with van der Waals surface area (Å²) in [5, 5.41) is 9.05. The van der Waals surface area contributed by atoms with Gasteiger partial charge in [0.1, 0.15) is 0 Å². The van der Waals surface area contributed by atoms with Crippen LogP contribution in [0, 0.1) is 0 Å². The summed E-state index contributed by atoms with van der Waals surface area (Å²) in [6, 6.07) is 5.26. The zero-order valence-corrected chi connectivity index (χ0v) is 7.95. The van der Waals surface area contributed by atoms with Gasteiger partial charge in [-0.05, 0) is 28.6 Å². The molecular weight excluding hydrogens is 236 g/mol. The minimum absolute atomic E-state index is 0.198. The van der Waals surface area contributed by atoms with E-state index in [1.807, 2.05) is 0 Å². The number of aromatic amines is 1. The maximum atomic E-state index is 11.2. The molecule has 2 rings (SSSR count). The molecule has 1 aromatic carbocycles. The third-order valence-electron chi connectivity index (χ3n) is 1.44. The molecule has 0 atom stereocenters. The Morgan fingerprint density at radius 3 is 3.15 bits per heavy atom. The van der Waals surface area contributed by atoms with Crippen molar-refractivity contribution >= 4 is 15.9 Å². The van der Waals surface area contributed by atoms with Crippen LogP contribution < -0.4 is 5.69 Å². The Balaban J connectivity index is 2.69.